The third-order valence-electron chi connectivity index (χ3n) is 4.87. The van der Waals surface area contributed by atoms with Crippen LogP contribution in [-0.2, 0) is 4.79 Å². The second kappa shape index (κ2) is 7.22. The van der Waals surface area contributed by atoms with Gasteiger partial charge < -0.3 is 19.5 Å². The van der Waals surface area contributed by atoms with Crippen molar-refractivity contribution >= 4 is 17.4 Å². The molecule has 0 unspecified atom stereocenters. The lowest BCUT2D eigenvalue weighted by atomic mass is 10.0. The second-order valence-electron chi connectivity index (χ2n) is 6.69. The van der Waals surface area contributed by atoms with E-state index in [1.54, 1.807) is 47.4 Å². The molecule has 1 N–H and O–H groups in total. The van der Waals surface area contributed by atoms with E-state index in [2.05, 4.69) is 15.0 Å². The number of carbonyl (C=O) groups excluding carboxylic acids is 2. The summed E-state index contributed by atoms with van der Waals surface area (Å²) in [7, 11) is 0. The maximum atomic E-state index is 12.3. The third kappa shape index (κ3) is 3.55. The van der Waals surface area contributed by atoms with E-state index in [0.717, 1.165) is 17.7 Å². The van der Waals surface area contributed by atoms with E-state index >= 15 is 0 Å². The van der Waals surface area contributed by atoms with Crippen molar-refractivity contribution in [3.05, 3.63) is 48.2 Å². The minimum Gasteiger partial charge on any atom is -0.469 e. The van der Waals surface area contributed by atoms with Gasteiger partial charge in [-0.05, 0) is 24.1 Å². The molecule has 2 aromatic rings. The summed E-state index contributed by atoms with van der Waals surface area (Å²) in [6.45, 7) is 3.85. The van der Waals surface area contributed by atoms with Crippen molar-refractivity contribution in [2.45, 2.75) is 19.4 Å². The van der Waals surface area contributed by atoms with Crippen LogP contribution >= 0.6 is 0 Å². The summed E-state index contributed by atoms with van der Waals surface area (Å²) in [6, 6.07) is 3.56. The molecule has 1 saturated heterocycles. The number of aromatic amines is 1. The zero-order valence-electron chi connectivity index (χ0n) is 15.1. The number of ether oxygens (including phenoxy) is 1. The van der Waals surface area contributed by atoms with E-state index in [1.807, 2.05) is 6.08 Å². The van der Waals surface area contributed by atoms with Gasteiger partial charge in [-0.15, -0.1) is 0 Å². The van der Waals surface area contributed by atoms with E-state index in [9.17, 15) is 9.59 Å². The standard InChI is InChI=1S/C19H21N5O3/c1-13(25)23-9-4-14(5-10-23)17-18(22-8-7-21-17)27-15-11-24(12-15)19(26)16-3-2-6-20-16/h2-4,6-8,15,20H,5,9-12H2,1H3. The molecule has 2 amide bonds. The summed E-state index contributed by atoms with van der Waals surface area (Å²) in [5.74, 6) is 0.526. The number of likely N-dealkylation sites (tertiary alicyclic amines) is 1. The fourth-order valence-corrected chi connectivity index (χ4v) is 3.27. The van der Waals surface area contributed by atoms with Crippen LogP contribution in [-0.4, -0.2) is 68.8 Å². The highest BCUT2D eigenvalue weighted by Gasteiger charge is 2.34. The maximum Gasteiger partial charge on any atom is 0.270 e. The number of nitrogens with zero attached hydrogens (tertiary/aromatic N) is 4. The van der Waals surface area contributed by atoms with Crippen LogP contribution in [0.3, 0.4) is 0 Å². The van der Waals surface area contributed by atoms with E-state index in [1.165, 1.54) is 0 Å². The van der Waals surface area contributed by atoms with Gasteiger partial charge in [-0.2, -0.15) is 0 Å². The number of amides is 2. The number of carbonyl (C=O) groups is 2. The molecule has 0 radical (unpaired) electrons. The SMILES string of the molecule is CC(=O)N1CC=C(c2nccnc2OC2CN(C(=O)c3ccc[nH]3)C2)CC1. The molecule has 0 aliphatic carbocycles. The lowest BCUT2D eigenvalue weighted by molar-refractivity contribution is -0.128. The molecular weight excluding hydrogens is 346 g/mol. The van der Waals surface area contributed by atoms with Crippen molar-refractivity contribution in [2.75, 3.05) is 26.2 Å². The van der Waals surface area contributed by atoms with Gasteiger partial charge in [-0.1, -0.05) is 6.08 Å². The molecule has 1 fully saturated rings. The summed E-state index contributed by atoms with van der Waals surface area (Å²) in [6.07, 6.45) is 7.60. The average molecular weight is 367 g/mol. The first-order chi connectivity index (χ1) is 13.1. The Labute approximate surface area is 156 Å². The molecule has 140 valence electrons. The van der Waals surface area contributed by atoms with Gasteiger partial charge in [0.2, 0.25) is 11.8 Å². The smallest absolute Gasteiger partial charge is 0.270 e. The lowest BCUT2D eigenvalue weighted by Gasteiger charge is -2.38. The molecule has 8 heteroatoms. The fraction of sp³-hybridized carbons (Fsp3) is 0.368. The van der Waals surface area contributed by atoms with Gasteiger partial charge in [-0.25, -0.2) is 9.97 Å². The first kappa shape index (κ1) is 17.3. The molecule has 2 aromatic heterocycles. The summed E-state index contributed by atoms with van der Waals surface area (Å²) < 4.78 is 6.01. The molecule has 2 aliphatic heterocycles. The van der Waals surface area contributed by atoms with Crippen molar-refractivity contribution in [1.82, 2.24) is 24.8 Å². The van der Waals surface area contributed by atoms with Gasteiger partial charge in [0.25, 0.3) is 5.91 Å². The van der Waals surface area contributed by atoms with Gasteiger partial charge in [-0.3, -0.25) is 9.59 Å². The van der Waals surface area contributed by atoms with Crippen LogP contribution in [0.25, 0.3) is 5.57 Å². The quantitative estimate of drug-likeness (QED) is 0.881. The van der Waals surface area contributed by atoms with Crippen LogP contribution in [0.2, 0.25) is 0 Å². The molecule has 0 bridgehead atoms. The van der Waals surface area contributed by atoms with Crippen LogP contribution < -0.4 is 4.74 Å². The van der Waals surface area contributed by atoms with Crippen LogP contribution in [0.5, 0.6) is 5.88 Å². The van der Waals surface area contributed by atoms with Crippen LogP contribution in [0.1, 0.15) is 29.5 Å². The van der Waals surface area contributed by atoms with Crippen molar-refractivity contribution in [3.8, 4) is 5.88 Å². The summed E-state index contributed by atoms with van der Waals surface area (Å²) in [5, 5.41) is 0. The molecule has 0 atom stereocenters. The lowest BCUT2D eigenvalue weighted by Crippen LogP contribution is -2.56. The number of nitrogens with one attached hydrogen (secondary N) is 1. The third-order valence-corrected chi connectivity index (χ3v) is 4.87. The zero-order chi connectivity index (χ0) is 18.8. The Hall–Kier alpha value is -3.16. The minimum absolute atomic E-state index is 0.0291. The number of hydrogen-bond donors (Lipinski definition) is 1. The highest BCUT2D eigenvalue weighted by atomic mass is 16.5. The van der Waals surface area contributed by atoms with Crippen molar-refractivity contribution in [3.63, 3.8) is 0 Å². The molecule has 2 aliphatic rings. The maximum absolute atomic E-state index is 12.3. The van der Waals surface area contributed by atoms with Gasteiger partial charge in [0.15, 0.2) is 0 Å². The predicted molar refractivity (Wildman–Crippen MR) is 98.0 cm³/mol. The van der Waals surface area contributed by atoms with Gasteiger partial charge >= 0.3 is 0 Å². The summed E-state index contributed by atoms with van der Waals surface area (Å²) >= 11 is 0. The number of aromatic nitrogens is 3. The van der Waals surface area contributed by atoms with Gasteiger partial charge in [0, 0.05) is 38.6 Å². The predicted octanol–water partition coefficient (Wildman–Crippen LogP) is 1.34. The molecule has 4 rings (SSSR count). The van der Waals surface area contributed by atoms with Crippen molar-refractivity contribution in [1.29, 1.82) is 0 Å². The topological polar surface area (TPSA) is 91.4 Å². The number of H-pyrrole nitrogens is 1. The van der Waals surface area contributed by atoms with Crippen LogP contribution in [0.4, 0.5) is 0 Å². The van der Waals surface area contributed by atoms with Crippen molar-refractivity contribution < 1.29 is 14.3 Å². The highest BCUT2D eigenvalue weighted by Crippen LogP contribution is 2.28. The molecule has 0 aromatic carbocycles. The summed E-state index contributed by atoms with van der Waals surface area (Å²) in [5.41, 5.74) is 2.33. The van der Waals surface area contributed by atoms with Gasteiger partial charge in [0.05, 0.1) is 13.1 Å². The van der Waals surface area contributed by atoms with Crippen molar-refractivity contribution in [2.24, 2.45) is 0 Å². The largest absolute Gasteiger partial charge is 0.469 e. The average Bonchev–Trinajstić information content (AvgIpc) is 3.19. The minimum atomic E-state index is -0.0997. The molecule has 4 heterocycles. The molecule has 0 spiro atoms. The zero-order valence-corrected chi connectivity index (χ0v) is 15.1. The molecule has 0 saturated carbocycles. The Morgan fingerprint density at radius 1 is 1.22 bits per heavy atom. The Balaban J connectivity index is 1.40. The van der Waals surface area contributed by atoms with Gasteiger partial charge in [0.1, 0.15) is 17.5 Å². The first-order valence-corrected chi connectivity index (χ1v) is 8.97. The Morgan fingerprint density at radius 3 is 2.70 bits per heavy atom. The number of hydrogen-bond acceptors (Lipinski definition) is 5. The Bertz CT molecular complexity index is 871. The normalized spacial score (nSPS) is 17.3. The molecule has 27 heavy (non-hydrogen) atoms. The first-order valence-electron chi connectivity index (χ1n) is 8.97. The highest BCUT2D eigenvalue weighted by molar-refractivity contribution is 5.93. The number of rotatable bonds is 4. The van der Waals surface area contributed by atoms with E-state index in [-0.39, 0.29) is 17.9 Å². The Morgan fingerprint density at radius 2 is 2.04 bits per heavy atom. The fourth-order valence-electron chi connectivity index (χ4n) is 3.27. The van der Waals surface area contributed by atoms with E-state index < -0.39 is 0 Å². The monoisotopic (exact) mass is 367 g/mol. The van der Waals surface area contributed by atoms with Crippen LogP contribution in [0, 0.1) is 0 Å². The van der Waals surface area contributed by atoms with Crippen LogP contribution in [0.15, 0.2) is 36.8 Å². The van der Waals surface area contributed by atoms with E-state index in [4.69, 9.17) is 4.74 Å². The summed E-state index contributed by atoms with van der Waals surface area (Å²) in [4.78, 5) is 39.0. The Kier molecular flexibility index (Phi) is 4.62. The molecule has 8 nitrogen and oxygen atoms in total. The molecular formula is C19H21N5O3. The second-order valence-corrected chi connectivity index (χ2v) is 6.69. The van der Waals surface area contributed by atoms with E-state index in [0.29, 0.717) is 37.8 Å².